The molecule has 11 nitrogen and oxygen atoms in total. The van der Waals surface area contributed by atoms with Crippen LogP contribution in [0.25, 0.3) is 0 Å². The van der Waals surface area contributed by atoms with Crippen molar-refractivity contribution in [2.24, 2.45) is 5.73 Å². The number of methoxy groups -OCH3 is 1. The van der Waals surface area contributed by atoms with Crippen LogP contribution in [0.15, 0.2) is 49.4 Å². The van der Waals surface area contributed by atoms with E-state index < -0.39 is 5.91 Å². The molecule has 1 aliphatic heterocycles. The monoisotopic (exact) mass is 490 g/mol. The third-order valence-corrected chi connectivity index (χ3v) is 6.19. The number of aromatic nitrogens is 4. The summed E-state index contributed by atoms with van der Waals surface area (Å²) in [6, 6.07) is 5.89. The number of aryl methyl sites for hydroxylation is 1. The molecule has 3 heterocycles. The highest BCUT2D eigenvalue weighted by atomic mass is 16.5. The molecule has 0 aliphatic carbocycles. The molecule has 1 saturated heterocycles. The second-order valence-corrected chi connectivity index (χ2v) is 8.39. The lowest BCUT2D eigenvalue weighted by Crippen LogP contribution is -2.38. The number of piperidine rings is 1. The zero-order valence-electron chi connectivity index (χ0n) is 20.4. The highest BCUT2D eigenvalue weighted by Crippen LogP contribution is 2.32. The van der Waals surface area contributed by atoms with Gasteiger partial charge in [-0.25, -0.2) is 4.98 Å². The Morgan fingerprint density at radius 3 is 2.69 bits per heavy atom. The molecule has 0 bridgehead atoms. The summed E-state index contributed by atoms with van der Waals surface area (Å²) in [6.07, 6.45) is 8.66. The molecule has 1 fully saturated rings. The summed E-state index contributed by atoms with van der Waals surface area (Å²) in [4.78, 5) is 34.4. The first kappa shape index (κ1) is 24.7. The number of nitrogens with zero attached hydrogens (tertiary/aromatic N) is 5. The van der Waals surface area contributed by atoms with Crippen LogP contribution >= 0.6 is 0 Å². The Morgan fingerprint density at radius 2 is 2.03 bits per heavy atom. The molecule has 0 radical (unpaired) electrons. The maximum absolute atomic E-state index is 12.1. The van der Waals surface area contributed by atoms with Crippen LogP contribution in [0.5, 0.6) is 5.75 Å². The van der Waals surface area contributed by atoms with Gasteiger partial charge in [0.05, 0.1) is 30.7 Å². The van der Waals surface area contributed by atoms with Gasteiger partial charge in [-0.05, 0) is 37.0 Å². The number of nitrogens with one attached hydrogen (secondary N) is 2. The van der Waals surface area contributed by atoms with Gasteiger partial charge in [0, 0.05) is 25.5 Å². The Kier molecular flexibility index (Phi) is 7.47. The Bertz CT molecular complexity index is 1240. The normalized spacial score (nSPS) is 13.8. The molecule has 2 aromatic heterocycles. The average Bonchev–Trinajstić information content (AvgIpc) is 3.36. The Balaban J connectivity index is 1.53. The van der Waals surface area contributed by atoms with E-state index in [-0.39, 0.29) is 29.3 Å². The van der Waals surface area contributed by atoms with E-state index in [2.05, 4.69) is 32.3 Å². The van der Waals surface area contributed by atoms with Crippen LogP contribution in [0.3, 0.4) is 0 Å². The van der Waals surface area contributed by atoms with Crippen molar-refractivity contribution in [3.05, 3.63) is 60.6 Å². The smallest absolute Gasteiger partial charge is 0.254 e. The predicted molar refractivity (Wildman–Crippen MR) is 137 cm³/mol. The first-order chi connectivity index (χ1) is 17.4. The van der Waals surface area contributed by atoms with Crippen molar-refractivity contribution in [3.63, 3.8) is 0 Å². The van der Waals surface area contributed by atoms with Crippen molar-refractivity contribution < 1.29 is 14.3 Å². The van der Waals surface area contributed by atoms with Crippen LogP contribution in [0, 0.1) is 0 Å². The van der Waals surface area contributed by atoms with Gasteiger partial charge in [0.2, 0.25) is 11.9 Å². The number of rotatable bonds is 9. The zero-order chi connectivity index (χ0) is 25.7. The number of carbonyl (C=O) groups is 2. The number of primary amides is 1. The van der Waals surface area contributed by atoms with Gasteiger partial charge in [-0.3, -0.25) is 14.3 Å². The van der Waals surface area contributed by atoms with E-state index in [9.17, 15) is 9.59 Å². The highest BCUT2D eigenvalue weighted by molar-refractivity contribution is 5.98. The van der Waals surface area contributed by atoms with Crippen LogP contribution in [0.2, 0.25) is 0 Å². The van der Waals surface area contributed by atoms with Gasteiger partial charge < -0.3 is 26.0 Å². The molecule has 11 heteroatoms. The third kappa shape index (κ3) is 5.29. The van der Waals surface area contributed by atoms with E-state index in [0.29, 0.717) is 30.2 Å². The van der Waals surface area contributed by atoms with Crippen LogP contribution in [-0.4, -0.2) is 56.7 Å². The van der Waals surface area contributed by atoms with E-state index in [1.54, 1.807) is 18.2 Å². The number of ether oxygens (including phenoxy) is 1. The van der Waals surface area contributed by atoms with E-state index >= 15 is 0 Å². The standard InChI is InChI=1S/C25H30N8O3/c1-4-16-7-6-8-20(36-3)22(16)30-24-19(23(26)35)14-27-25(31-24)29-17-13-28-33(15-17)18-9-11-32(12-10-18)21(34)5-2/h5-8,13-15,18H,2,4,9-12H2,1,3H3,(H2,26,35)(H2,27,29,30,31). The van der Waals surface area contributed by atoms with Crippen molar-refractivity contribution in [2.75, 3.05) is 30.8 Å². The van der Waals surface area contributed by atoms with Gasteiger partial charge >= 0.3 is 0 Å². The van der Waals surface area contributed by atoms with Crippen LogP contribution < -0.4 is 21.1 Å². The van der Waals surface area contributed by atoms with E-state index in [1.807, 2.05) is 36.0 Å². The number of hydrogen-bond acceptors (Lipinski definition) is 8. The molecular formula is C25H30N8O3. The first-order valence-corrected chi connectivity index (χ1v) is 11.8. The minimum atomic E-state index is -0.647. The van der Waals surface area contributed by atoms with Crippen molar-refractivity contribution in [3.8, 4) is 5.75 Å². The van der Waals surface area contributed by atoms with Crippen molar-refractivity contribution in [1.82, 2.24) is 24.6 Å². The van der Waals surface area contributed by atoms with E-state index in [4.69, 9.17) is 10.5 Å². The molecule has 4 N–H and O–H groups in total. The van der Waals surface area contributed by atoms with Crippen molar-refractivity contribution in [1.29, 1.82) is 0 Å². The van der Waals surface area contributed by atoms with Crippen molar-refractivity contribution >= 4 is 35.0 Å². The number of amides is 2. The topological polar surface area (TPSA) is 140 Å². The van der Waals surface area contributed by atoms with Gasteiger partial charge in [-0.2, -0.15) is 10.1 Å². The maximum atomic E-state index is 12.1. The summed E-state index contributed by atoms with van der Waals surface area (Å²) >= 11 is 0. The summed E-state index contributed by atoms with van der Waals surface area (Å²) in [5.41, 5.74) is 8.15. The second-order valence-electron chi connectivity index (χ2n) is 8.39. The molecule has 1 aromatic carbocycles. The number of benzene rings is 1. The van der Waals surface area contributed by atoms with Crippen LogP contribution in [-0.2, 0) is 11.2 Å². The number of likely N-dealkylation sites (tertiary alicyclic amines) is 1. The SMILES string of the molecule is C=CC(=O)N1CCC(n2cc(Nc3ncc(C(N)=O)c(Nc4c(CC)cccc4OC)n3)cn2)CC1. The predicted octanol–water partition coefficient (Wildman–Crippen LogP) is 3.18. The molecule has 188 valence electrons. The van der Waals surface area contributed by atoms with Gasteiger partial charge in [-0.15, -0.1) is 0 Å². The average molecular weight is 491 g/mol. The van der Waals surface area contributed by atoms with E-state index in [0.717, 1.165) is 24.8 Å². The van der Waals surface area contributed by atoms with Gasteiger partial charge in [0.15, 0.2) is 0 Å². The summed E-state index contributed by atoms with van der Waals surface area (Å²) in [5, 5.41) is 10.8. The number of carbonyl (C=O) groups excluding carboxylic acids is 2. The van der Waals surface area contributed by atoms with Gasteiger partial charge in [0.1, 0.15) is 17.1 Å². The Hall–Kier alpha value is -4.41. The number of hydrogen-bond donors (Lipinski definition) is 3. The number of para-hydroxylation sites is 1. The molecule has 2 amide bonds. The molecule has 36 heavy (non-hydrogen) atoms. The minimum Gasteiger partial charge on any atom is -0.495 e. The lowest BCUT2D eigenvalue weighted by molar-refractivity contribution is -0.127. The quantitative estimate of drug-likeness (QED) is 0.389. The summed E-state index contributed by atoms with van der Waals surface area (Å²) in [6.45, 7) is 6.90. The molecule has 0 unspecified atom stereocenters. The lowest BCUT2D eigenvalue weighted by Gasteiger charge is -2.31. The molecule has 3 aromatic rings. The number of anilines is 4. The van der Waals surface area contributed by atoms with Crippen LogP contribution in [0.1, 0.15) is 41.7 Å². The highest BCUT2D eigenvalue weighted by Gasteiger charge is 2.23. The van der Waals surface area contributed by atoms with E-state index in [1.165, 1.54) is 12.3 Å². The molecule has 0 spiro atoms. The van der Waals surface area contributed by atoms with Gasteiger partial charge in [-0.1, -0.05) is 25.6 Å². The fraction of sp³-hybridized carbons (Fsp3) is 0.320. The maximum Gasteiger partial charge on any atom is 0.254 e. The van der Waals surface area contributed by atoms with Gasteiger partial charge in [0.25, 0.3) is 5.91 Å². The summed E-state index contributed by atoms with van der Waals surface area (Å²) in [7, 11) is 1.58. The fourth-order valence-corrected chi connectivity index (χ4v) is 4.23. The summed E-state index contributed by atoms with van der Waals surface area (Å²) in [5.74, 6) is 0.481. The molecule has 0 atom stereocenters. The molecular weight excluding hydrogens is 460 g/mol. The molecule has 0 saturated carbocycles. The minimum absolute atomic E-state index is 0.0450. The second kappa shape index (κ2) is 10.9. The fourth-order valence-electron chi connectivity index (χ4n) is 4.23. The Morgan fingerprint density at radius 1 is 1.25 bits per heavy atom. The number of nitrogens with two attached hydrogens (primary N) is 1. The third-order valence-electron chi connectivity index (χ3n) is 6.19. The largest absolute Gasteiger partial charge is 0.495 e. The molecule has 1 aliphatic rings. The Labute approximate surface area is 209 Å². The first-order valence-electron chi connectivity index (χ1n) is 11.8. The zero-order valence-corrected chi connectivity index (χ0v) is 20.4. The summed E-state index contributed by atoms with van der Waals surface area (Å²) < 4.78 is 7.38. The van der Waals surface area contributed by atoms with Crippen molar-refractivity contribution in [2.45, 2.75) is 32.2 Å². The lowest BCUT2D eigenvalue weighted by atomic mass is 10.1. The van der Waals surface area contributed by atoms with Crippen LogP contribution in [0.4, 0.5) is 23.1 Å². The molecule has 4 rings (SSSR count).